The molecule has 65 heavy (non-hydrogen) atoms. The Morgan fingerprint density at radius 2 is 1.35 bits per heavy atom. The third kappa shape index (κ3) is 8.09. The van der Waals surface area contributed by atoms with E-state index >= 15 is 0 Å². The third-order valence-corrected chi connectivity index (χ3v) is 19.2. The van der Waals surface area contributed by atoms with E-state index in [0.29, 0.717) is 12.8 Å². The molecule has 0 aromatic carbocycles. The first kappa shape index (κ1) is 50.0. The number of fused-ring (bicyclic) bond motifs is 7. The van der Waals surface area contributed by atoms with Crippen LogP contribution in [0.1, 0.15) is 120 Å². The predicted octanol–water partition coefficient (Wildman–Crippen LogP) is 1.73. The van der Waals surface area contributed by atoms with Crippen LogP contribution in [0.4, 0.5) is 0 Å². The monoisotopic (exact) mass is 927 g/mol. The van der Waals surface area contributed by atoms with Gasteiger partial charge in [-0.05, 0) is 110 Å². The number of carboxylic acids is 1. The van der Waals surface area contributed by atoms with Gasteiger partial charge in [-0.25, -0.2) is 4.79 Å². The van der Waals surface area contributed by atoms with E-state index in [1.807, 2.05) is 0 Å². The largest absolute Gasteiger partial charge is 0.479 e. The summed E-state index contributed by atoms with van der Waals surface area (Å²) in [6, 6.07) is 0. The zero-order valence-electron chi connectivity index (χ0n) is 39.4. The van der Waals surface area contributed by atoms with Crippen LogP contribution in [0.25, 0.3) is 0 Å². The summed E-state index contributed by atoms with van der Waals surface area (Å²) in [5, 5.41) is 109. The molecule has 0 bridgehead atoms. The Morgan fingerprint density at radius 3 is 2.00 bits per heavy atom. The number of rotatable bonds is 9. The smallest absolute Gasteiger partial charge is 0.335 e. The van der Waals surface area contributed by atoms with Gasteiger partial charge in [0.15, 0.2) is 25.0 Å². The van der Waals surface area contributed by atoms with Crippen LogP contribution >= 0.6 is 0 Å². The lowest BCUT2D eigenvalue weighted by atomic mass is 9.33. The molecule has 24 atom stereocenters. The summed E-state index contributed by atoms with van der Waals surface area (Å²) < 4.78 is 36.7. The molecular weight excluding hydrogens is 849 g/mol. The van der Waals surface area contributed by atoms with Crippen molar-refractivity contribution in [2.75, 3.05) is 13.2 Å². The summed E-state index contributed by atoms with van der Waals surface area (Å²) in [6.45, 7) is 16.7. The van der Waals surface area contributed by atoms with Crippen LogP contribution in [0.5, 0.6) is 0 Å². The molecule has 7 fully saturated rings. The fourth-order valence-corrected chi connectivity index (χ4v) is 15.1. The minimum Gasteiger partial charge on any atom is -0.479 e. The fraction of sp³-hybridized carbons (Fsp3) is 0.938. The highest BCUT2D eigenvalue weighted by molar-refractivity contribution is 5.73. The first-order chi connectivity index (χ1) is 30.3. The Hall–Kier alpha value is -1.39. The van der Waals surface area contributed by atoms with Crippen molar-refractivity contribution in [2.45, 2.75) is 218 Å². The second-order valence-corrected chi connectivity index (χ2v) is 23.7. The average molecular weight is 927 g/mol. The molecular formula is C48H78O17. The summed E-state index contributed by atoms with van der Waals surface area (Å²) in [5.41, 5.74) is -0.0811. The first-order valence-electron chi connectivity index (χ1n) is 24.1. The summed E-state index contributed by atoms with van der Waals surface area (Å²) in [5.74, 6) is -1.06. The number of aliphatic hydroxyl groups excluding tert-OH is 9. The Labute approximate surface area is 382 Å². The van der Waals surface area contributed by atoms with Crippen molar-refractivity contribution in [1.29, 1.82) is 0 Å². The van der Waals surface area contributed by atoms with Gasteiger partial charge in [0.25, 0.3) is 0 Å². The molecule has 0 aromatic heterocycles. The summed E-state index contributed by atoms with van der Waals surface area (Å²) in [7, 11) is 0. The Bertz CT molecular complexity index is 1780. The summed E-state index contributed by atoms with van der Waals surface area (Å²) in [6.07, 6.45) is -13.9. The molecule has 0 radical (unpaired) electrons. The summed E-state index contributed by atoms with van der Waals surface area (Å²) >= 11 is 0. The maximum atomic E-state index is 12.5. The van der Waals surface area contributed by atoms with Crippen molar-refractivity contribution < 1.29 is 84.3 Å². The van der Waals surface area contributed by atoms with E-state index in [9.17, 15) is 55.9 Å². The minimum atomic E-state index is -2.03. The van der Waals surface area contributed by atoms with Crippen LogP contribution in [-0.2, 0) is 33.2 Å². The highest BCUT2D eigenvalue weighted by Crippen LogP contribution is 2.76. The number of ether oxygens (including phenoxy) is 6. The molecule has 3 saturated heterocycles. The first-order valence-corrected chi connectivity index (χ1v) is 24.1. The van der Waals surface area contributed by atoms with E-state index in [2.05, 4.69) is 54.5 Å². The lowest BCUT2D eigenvalue weighted by Gasteiger charge is -2.71. The standard InChI is InChI=1S/C48H78O17/c1-22-26(51)15-27(52)40(60-22)64-37-33(55)32(54)28(20-49)62-42(37)65-38-35(57)34(56)36(39(58)59)63-41(38)61-23-16-44(4,21-50)29-11-12-48(8)30(46(29,6)17-23)10-9-24-25-18-43(2,3)19-31(53)45(25,5)13-14-47(24,48)7/h9,22-23,25-38,40-42,49-57H,10-21H2,1-8H3,(H,58,59)/t22-,23?,25?,26-,27-,28-,29?,30?,31?,32+,33-,34?,35-,36+,37-,38-,40+,41-,42+,44?,45?,46?,47?,48?/m1/s1. The topological polar surface area (TPSA) is 275 Å². The van der Waals surface area contributed by atoms with E-state index in [4.69, 9.17) is 28.4 Å². The van der Waals surface area contributed by atoms with Crippen LogP contribution in [0, 0.1) is 50.2 Å². The van der Waals surface area contributed by atoms with Gasteiger partial charge in [-0.2, -0.15) is 0 Å². The molecule has 8 aliphatic rings. The quantitative estimate of drug-likeness (QED) is 0.117. The number of hydrogen-bond acceptors (Lipinski definition) is 16. The second-order valence-electron chi connectivity index (χ2n) is 23.7. The van der Waals surface area contributed by atoms with Gasteiger partial charge < -0.3 is 79.5 Å². The van der Waals surface area contributed by atoms with Gasteiger partial charge in [-0.3, -0.25) is 0 Å². The summed E-state index contributed by atoms with van der Waals surface area (Å²) in [4.78, 5) is 12.5. The average Bonchev–Trinajstić information content (AvgIpc) is 3.22. The molecule has 3 heterocycles. The molecule has 8 rings (SSSR count). The van der Waals surface area contributed by atoms with Crippen LogP contribution in [-0.4, -0.2) is 168 Å². The molecule has 0 amide bonds. The zero-order valence-corrected chi connectivity index (χ0v) is 39.4. The number of aliphatic hydroxyl groups is 9. The van der Waals surface area contributed by atoms with Crippen molar-refractivity contribution >= 4 is 5.97 Å². The molecule has 4 saturated carbocycles. The Morgan fingerprint density at radius 1 is 0.708 bits per heavy atom. The van der Waals surface area contributed by atoms with Gasteiger partial charge in [0.1, 0.15) is 48.8 Å². The van der Waals surface area contributed by atoms with Crippen LogP contribution in [0.3, 0.4) is 0 Å². The van der Waals surface area contributed by atoms with Gasteiger partial charge in [-0.1, -0.05) is 60.1 Å². The molecule has 10 N–H and O–H groups in total. The molecule has 0 spiro atoms. The van der Waals surface area contributed by atoms with Crippen molar-refractivity contribution in [2.24, 2.45) is 50.2 Å². The highest BCUT2D eigenvalue weighted by Gasteiger charge is 2.69. The molecule has 3 aliphatic heterocycles. The van der Waals surface area contributed by atoms with Gasteiger partial charge >= 0.3 is 5.97 Å². The third-order valence-electron chi connectivity index (χ3n) is 19.2. The Kier molecular flexibility index (Phi) is 13.4. The lowest BCUT2D eigenvalue weighted by molar-refractivity contribution is -0.391. The molecule has 17 heteroatoms. The zero-order chi connectivity index (χ0) is 47.6. The van der Waals surface area contributed by atoms with Crippen molar-refractivity contribution in [3.8, 4) is 0 Å². The molecule has 0 aromatic rings. The van der Waals surface area contributed by atoms with Gasteiger partial charge in [0, 0.05) is 18.4 Å². The predicted molar refractivity (Wildman–Crippen MR) is 229 cm³/mol. The van der Waals surface area contributed by atoms with Crippen LogP contribution < -0.4 is 0 Å². The number of hydrogen-bond donors (Lipinski definition) is 10. The van der Waals surface area contributed by atoms with Crippen molar-refractivity contribution in [3.05, 3.63) is 11.6 Å². The molecule has 11 unspecified atom stereocenters. The maximum absolute atomic E-state index is 12.5. The SMILES string of the molecule is C[C@H]1O[C@@H](O[C@H]2[C@H](O[C@H]3[C@H](OC4CC(C)(CO)C5CCC6(C)C(CC=C7C8CC(C)(C)CC(O)C8(C)CCC76C)C5(C)C4)O[C@H](C(=O)O)C(O)[C@H]3O)O[C@H](CO)[C@H](O)[C@H]2O)[C@H](O)C[C@H]1O. The van der Waals surface area contributed by atoms with E-state index in [1.165, 1.54) is 5.57 Å². The normalized spacial score (nSPS) is 55.5. The van der Waals surface area contributed by atoms with E-state index in [-0.39, 0.29) is 58.5 Å². The molecule has 17 nitrogen and oxygen atoms in total. The molecule has 372 valence electrons. The van der Waals surface area contributed by atoms with E-state index in [1.54, 1.807) is 6.92 Å². The maximum Gasteiger partial charge on any atom is 0.335 e. The highest BCUT2D eigenvalue weighted by atomic mass is 16.8. The number of allylic oxidation sites excluding steroid dienone is 2. The van der Waals surface area contributed by atoms with Crippen molar-refractivity contribution in [1.82, 2.24) is 0 Å². The van der Waals surface area contributed by atoms with E-state index in [0.717, 1.165) is 44.9 Å². The van der Waals surface area contributed by atoms with Gasteiger partial charge in [0.2, 0.25) is 0 Å². The van der Waals surface area contributed by atoms with Crippen LogP contribution in [0.15, 0.2) is 11.6 Å². The van der Waals surface area contributed by atoms with Crippen LogP contribution in [0.2, 0.25) is 0 Å². The van der Waals surface area contributed by atoms with Crippen molar-refractivity contribution in [3.63, 3.8) is 0 Å². The second kappa shape index (κ2) is 17.5. The Balaban J connectivity index is 1.10. The van der Waals surface area contributed by atoms with Gasteiger partial charge in [-0.15, -0.1) is 0 Å². The number of aliphatic carboxylic acids is 1. The minimum absolute atomic E-state index is 0.00110. The number of carbonyl (C=O) groups is 1. The fourth-order valence-electron chi connectivity index (χ4n) is 15.1. The lowest BCUT2D eigenvalue weighted by Crippen LogP contribution is -2.67. The number of carboxylic acid groups (broad SMARTS) is 1. The van der Waals surface area contributed by atoms with E-state index < -0.39 is 116 Å². The molecule has 5 aliphatic carbocycles. The van der Waals surface area contributed by atoms with Gasteiger partial charge in [0.05, 0.1) is 31.0 Å².